The van der Waals surface area contributed by atoms with Crippen LogP contribution in [0.25, 0.3) is 10.9 Å². The van der Waals surface area contributed by atoms with Crippen LogP contribution in [0.3, 0.4) is 0 Å². The number of nitrogens with one attached hydrogen (secondary N) is 1. The average Bonchev–Trinajstić information content (AvgIpc) is 3.13. The molecule has 1 atom stereocenters. The summed E-state index contributed by atoms with van der Waals surface area (Å²) in [4.78, 5) is 20.2. The topological polar surface area (TPSA) is 50.7 Å². The third kappa shape index (κ3) is 2.69. The molecule has 0 fully saturated rings. The molecule has 0 amide bonds. The van der Waals surface area contributed by atoms with Gasteiger partial charge in [-0.25, -0.2) is 4.98 Å². The summed E-state index contributed by atoms with van der Waals surface area (Å²) in [6.45, 7) is 6.18. The highest BCUT2D eigenvalue weighted by atomic mass is 16.1. The Morgan fingerprint density at radius 3 is 2.77 bits per heavy atom. The molecule has 0 saturated carbocycles. The fourth-order valence-corrected chi connectivity index (χ4v) is 2.79. The highest BCUT2D eigenvalue weighted by molar-refractivity contribution is 5.93. The van der Waals surface area contributed by atoms with E-state index in [2.05, 4.69) is 48.9 Å². The third-order valence-corrected chi connectivity index (χ3v) is 4.05. The Morgan fingerprint density at radius 2 is 2.05 bits per heavy atom. The van der Waals surface area contributed by atoms with Crippen molar-refractivity contribution in [1.82, 2.24) is 14.5 Å². The van der Waals surface area contributed by atoms with E-state index in [9.17, 15) is 4.79 Å². The first kappa shape index (κ1) is 14.6. The highest BCUT2D eigenvalue weighted by Gasteiger charge is 2.19. The maximum atomic E-state index is 12.5. The fraction of sp³-hybridized carbons (Fsp3) is 0.333. The van der Waals surface area contributed by atoms with Gasteiger partial charge in [0.15, 0.2) is 11.6 Å². The zero-order valence-corrected chi connectivity index (χ0v) is 13.2. The summed E-state index contributed by atoms with van der Waals surface area (Å²) in [5.41, 5.74) is 2.21. The average molecular weight is 295 g/mol. The van der Waals surface area contributed by atoms with E-state index in [-0.39, 0.29) is 17.7 Å². The quantitative estimate of drug-likeness (QED) is 0.713. The summed E-state index contributed by atoms with van der Waals surface area (Å²) in [6.07, 6.45) is 4.02. The van der Waals surface area contributed by atoms with E-state index < -0.39 is 0 Å². The number of ketones is 1. The van der Waals surface area contributed by atoms with Gasteiger partial charge in [-0.15, -0.1) is 0 Å². The van der Waals surface area contributed by atoms with Gasteiger partial charge in [0, 0.05) is 42.0 Å². The number of para-hydroxylation sites is 1. The van der Waals surface area contributed by atoms with Crippen LogP contribution in [0.2, 0.25) is 0 Å². The maximum Gasteiger partial charge on any atom is 0.198 e. The summed E-state index contributed by atoms with van der Waals surface area (Å²) >= 11 is 0. The molecular formula is C18H21N3O. The number of aromatic nitrogens is 3. The van der Waals surface area contributed by atoms with Gasteiger partial charge in [-0.1, -0.05) is 25.1 Å². The molecule has 0 saturated heterocycles. The van der Waals surface area contributed by atoms with Gasteiger partial charge in [-0.3, -0.25) is 4.79 Å². The molecule has 2 heterocycles. The van der Waals surface area contributed by atoms with Crippen molar-refractivity contribution in [3.63, 3.8) is 0 Å². The molecule has 0 aliphatic heterocycles. The van der Waals surface area contributed by atoms with Crippen molar-refractivity contribution >= 4 is 16.7 Å². The van der Waals surface area contributed by atoms with Crippen molar-refractivity contribution in [2.24, 2.45) is 0 Å². The lowest BCUT2D eigenvalue weighted by atomic mass is 10.0. The molecule has 0 spiro atoms. The summed E-state index contributed by atoms with van der Waals surface area (Å²) in [6, 6.07) is 10.5. The Hall–Kier alpha value is -2.36. The lowest BCUT2D eigenvalue weighted by Gasteiger charge is -2.12. The normalized spacial score (nSPS) is 12.9. The molecule has 2 aromatic heterocycles. The van der Waals surface area contributed by atoms with Crippen molar-refractivity contribution in [2.45, 2.75) is 39.2 Å². The number of H-pyrrole nitrogens is 1. The number of imidazole rings is 1. The smallest absolute Gasteiger partial charge is 0.198 e. The van der Waals surface area contributed by atoms with Gasteiger partial charge < -0.3 is 9.55 Å². The summed E-state index contributed by atoms with van der Waals surface area (Å²) < 4.78 is 1.93. The molecule has 114 valence electrons. The second kappa shape index (κ2) is 5.79. The first-order valence-electron chi connectivity index (χ1n) is 7.70. The van der Waals surface area contributed by atoms with Gasteiger partial charge in [-0.05, 0) is 31.4 Å². The van der Waals surface area contributed by atoms with Crippen LogP contribution in [0.15, 0.2) is 42.7 Å². The molecule has 4 nitrogen and oxygen atoms in total. The standard InChI is InChI=1S/C18H21N3O/c1-12(2)21-9-8-19-18(21)17(22)10-13(3)16-11-14-6-4-5-7-15(14)20-16/h4-9,11-13,20H,10H2,1-3H3/t13-/m1/s1. The Kier molecular flexibility index (Phi) is 3.84. The highest BCUT2D eigenvalue weighted by Crippen LogP contribution is 2.25. The predicted octanol–water partition coefficient (Wildman–Crippen LogP) is 4.32. The van der Waals surface area contributed by atoms with Gasteiger partial charge in [0.25, 0.3) is 0 Å². The Balaban J connectivity index is 1.79. The second-order valence-electron chi connectivity index (χ2n) is 6.09. The number of carbonyl (C=O) groups is 1. The molecule has 4 heteroatoms. The van der Waals surface area contributed by atoms with Crippen molar-refractivity contribution in [3.8, 4) is 0 Å². The van der Waals surface area contributed by atoms with E-state index in [1.807, 2.05) is 22.9 Å². The number of carbonyl (C=O) groups excluding carboxylic acids is 1. The number of fused-ring (bicyclic) bond motifs is 1. The zero-order chi connectivity index (χ0) is 15.7. The van der Waals surface area contributed by atoms with Crippen LogP contribution in [-0.4, -0.2) is 20.3 Å². The molecule has 0 bridgehead atoms. The molecule has 3 aromatic rings. The molecule has 0 aliphatic carbocycles. The minimum absolute atomic E-state index is 0.0878. The lowest BCUT2D eigenvalue weighted by Crippen LogP contribution is -2.14. The van der Waals surface area contributed by atoms with E-state index in [1.165, 1.54) is 5.39 Å². The third-order valence-electron chi connectivity index (χ3n) is 4.05. The van der Waals surface area contributed by atoms with Crippen molar-refractivity contribution in [1.29, 1.82) is 0 Å². The minimum atomic E-state index is 0.0878. The molecule has 3 rings (SSSR count). The van der Waals surface area contributed by atoms with E-state index in [0.717, 1.165) is 11.2 Å². The lowest BCUT2D eigenvalue weighted by molar-refractivity contribution is 0.0959. The first-order valence-corrected chi connectivity index (χ1v) is 7.70. The largest absolute Gasteiger partial charge is 0.358 e. The number of hydrogen-bond acceptors (Lipinski definition) is 2. The van der Waals surface area contributed by atoms with Gasteiger partial charge in [0.05, 0.1) is 0 Å². The Morgan fingerprint density at radius 1 is 1.27 bits per heavy atom. The predicted molar refractivity (Wildman–Crippen MR) is 88.3 cm³/mol. The first-order chi connectivity index (χ1) is 10.6. The zero-order valence-electron chi connectivity index (χ0n) is 13.2. The number of nitrogens with zero attached hydrogens (tertiary/aromatic N) is 2. The molecule has 1 aromatic carbocycles. The van der Waals surface area contributed by atoms with Crippen LogP contribution in [0, 0.1) is 0 Å². The van der Waals surface area contributed by atoms with Crippen LogP contribution in [0.4, 0.5) is 0 Å². The monoisotopic (exact) mass is 295 g/mol. The summed E-state index contributed by atoms with van der Waals surface area (Å²) in [5, 5.41) is 1.18. The molecule has 22 heavy (non-hydrogen) atoms. The second-order valence-corrected chi connectivity index (χ2v) is 6.09. The number of benzene rings is 1. The van der Waals surface area contributed by atoms with Crippen LogP contribution in [-0.2, 0) is 0 Å². The maximum absolute atomic E-state index is 12.5. The van der Waals surface area contributed by atoms with Gasteiger partial charge in [0.1, 0.15) is 0 Å². The number of aromatic amines is 1. The molecule has 0 aliphatic rings. The van der Waals surface area contributed by atoms with Gasteiger partial charge in [-0.2, -0.15) is 0 Å². The molecule has 0 unspecified atom stereocenters. The van der Waals surface area contributed by atoms with Crippen molar-refractivity contribution in [2.75, 3.05) is 0 Å². The fourth-order valence-electron chi connectivity index (χ4n) is 2.79. The van der Waals surface area contributed by atoms with Crippen LogP contribution in [0.5, 0.6) is 0 Å². The van der Waals surface area contributed by atoms with Crippen LogP contribution in [0.1, 0.15) is 55.5 Å². The number of hydrogen-bond donors (Lipinski definition) is 1. The summed E-state index contributed by atoms with van der Waals surface area (Å²) in [7, 11) is 0. The molecule has 0 radical (unpaired) electrons. The summed E-state index contributed by atoms with van der Waals surface area (Å²) in [5.74, 6) is 0.778. The number of Topliss-reactive ketones (excluding diaryl/α,β-unsaturated/α-hetero) is 1. The van der Waals surface area contributed by atoms with E-state index in [4.69, 9.17) is 0 Å². The SMILES string of the molecule is CC(C)n1ccnc1C(=O)C[C@@H](C)c1cc2ccccc2[nH]1. The van der Waals surface area contributed by atoms with E-state index in [1.54, 1.807) is 6.20 Å². The van der Waals surface area contributed by atoms with E-state index in [0.29, 0.717) is 12.2 Å². The van der Waals surface area contributed by atoms with Crippen LogP contribution < -0.4 is 0 Å². The minimum Gasteiger partial charge on any atom is -0.358 e. The Labute approximate surface area is 130 Å². The van der Waals surface area contributed by atoms with Crippen LogP contribution >= 0.6 is 0 Å². The van der Waals surface area contributed by atoms with E-state index >= 15 is 0 Å². The van der Waals surface area contributed by atoms with Crippen molar-refractivity contribution < 1.29 is 4.79 Å². The van der Waals surface area contributed by atoms with Gasteiger partial charge in [0.2, 0.25) is 0 Å². The Bertz CT molecular complexity index is 764. The molecule has 1 N–H and O–H groups in total. The van der Waals surface area contributed by atoms with Crippen molar-refractivity contribution in [3.05, 3.63) is 54.2 Å². The number of rotatable bonds is 5. The molecular weight excluding hydrogens is 274 g/mol. The van der Waals surface area contributed by atoms with Gasteiger partial charge >= 0.3 is 0 Å².